The number of nitrogens with one attached hydrogen (secondary N) is 1. The average molecular weight is 355 g/mol. The van der Waals surface area contributed by atoms with Gasteiger partial charge in [-0.2, -0.15) is 0 Å². The van der Waals surface area contributed by atoms with E-state index in [9.17, 15) is 26.9 Å². The molecule has 11 heteroatoms. The fourth-order valence-electron chi connectivity index (χ4n) is 1.93. The van der Waals surface area contributed by atoms with Gasteiger partial charge in [-0.1, -0.05) is 0 Å². The van der Waals surface area contributed by atoms with E-state index < -0.39 is 36.2 Å². The molecule has 2 atom stereocenters. The molecule has 1 fully saturated rings. The highest BCUT2D eigenvalue weighted by Crippen LogP contribution is 2.21. The van der Waals surface area contributed by atoms with Crippen LogP contribution in [-0.2, 0) is 19.9 Å². The van der Waals surface area contributed by atoms with Gasteiger partial charge < -0.3 is 0 Å². The van der Waals surface area contributed by atoms with Gasteiger partial charge in [0.2, 0.25) is 10.0 Å². The van der Waals surface area contributed by atoms with E-state index in [1.807, 2.05) is 0 Å². The van der Waals surface area contributed by atoms with Crippen molar-refractivity contribution in [2.75, 3.05) is 11.5 Å². The van der Waals surface area contributed by atoms with Crippen LogP contribution < -0.4 is 4.72 Å². The molecule has 1 aliphatic heterocycles. The van der Waals surface area contributed by atoms with E-state index in [-0.39, 0.29) is 22.1 Å². The standard InChI is InChI=1S/C10H11ClN2O6S2/c11-9-5-20(16,17)6-10(9)12-21(18,19)8-3-1-7(2-4-8)13(14)15/h1-4,9-10,12H,5-6H2. The third kappa shape index (κ3) is 3.70. The first-order chi connectivity index (χ1) is 9.61. The number of alkyl halides is 1. The Balaban J connectivity index is 2.21. The van der Waals surface area contributed by atoms with Gasteiger partial charge in [0.1, 0.15) is 0 Å². The first kappa shape index (κ1) is 16.1. The third-order valence-corrected chi connectivity index (χ3v) is 6.83. The normalized spacial score (nSPS) is 24.8. The first-order valence-corrected chi connectivity index (χ1v) is 9.46. The Morgan fingerprint density at radius 1 is 1.24 bits per heavy atom. The van der Waals surface area contributed by atoms with Crippen LogP contribution in [0.25, 0.3) is 0 Å². The summed E-state index contributed by atoms with van der Waals surface area (Å²) in [7, 11) is -7.36. The van der Waals surface area contributed by atoms with Crippen LogP contribution in [0.1, 0.15) is 0 Å². The number of nitro benzene ring substituents is 1. The lowest BCUT2D eigenvalue weighted by molar-refractivity contribution is -0.384. The molecule has 116 valence electrons. The third-order valence-electron chi connectivity index (χ3n) is 2.95. The second-order valence-corrected chi connectivity index (χ2v) is 9.00. The molecule has 2 rings (SSSR count). The van der Waals surface area contributed by atoms with E-state index in [2.05, 4.69) is 4.72 Å². The molecule has 2 unspecified atom stereocenters. The molecule has 1 saturated heterocycles. The summed E-state index contributed by atoms with van der Waals surface area (Å²) < 4.78 is 49.2. The van der Waals surface area contributed by atoms with Gasteiger partial charge in [0.05, 0.1) is 32.7 Å². The Morgan fingerprint density at radius 2 is 1.81 bits per heavy atom. The quantitative estimate of drug-likeness (QED) is 0.470. The number of hydrogen-bond donors (Lipinski definition) is 1. The molecule has 21 heavy (non-hydrogen) atoms. The number of sulfonamides is 1. The number of sulfone groups is 1. The molecule has 0 bridgehead atoms. The number of halogens is 1. The smallest absolute Gasteiger partial charge is 0.258 e. The number of hydrogen-bond acceptors (Lipinski definition) is 6. The zero-order valence-electron chi connectivity index (χ0n) is 10.5. The molecule has 0 spiro atoms. The maximum Gasteiger partial charge on any atom is 0.269 e. The predicted octanol–water partition coefficient (Wildman–Crippen LogP) is 0.278. The second-order valence-electron chi connectivity index (χ2n) is 4.57. The molecule has 0 radical (unpaired) electrons. The van der Waals surface area contributed by atoms with E-state index >= 15 is 0 Å². The molecule has 0 saturated carbocycles. The molecule has 1 aromatic carbocycles. The topological polar surface area (TPSA) is 123 Å². The van der Waals surface area contributed by atoms with E-state index in [0.29, 0.717) is 0 Å². The number of non-ortho nitro benzene ring substituents is 1. The summed E-state index contributed by atoms with van der Waals surface area (Å²) in [5.74, 6) is -0.657. The SMILES string of the molecule is O=[N+]([O-])c1ccc(S(=O)(=O)NC2CS(=O)(=O)CC2Cl)cc1. The van der Waals surface area contributed by atoms with Gasteiger partial charge in [0.25, 0.3) is 5.69 Å². The Morgan fingerprint density at radius 3 is 2.24 bits per heavy atom. The van der Waals surface area contributed by atoms with E-state index in [4.69, 9.17) is 11.6 Å². The maximum atomic E-state index is 12.1. The lowest BCUT2D eigenvalue weighted by atomic mass is 10.3. The Labute approximate surface area is 126 Å². The van der Waals surface area contributed by atoms with Crippen molar-refractivity contribution in [3.63, 3.8) is 0 Å². The molecule has 1 aliphatic rings. The molecule has 1 aromatic rings. The summed E-state index contributed by atoms with van der Waals surface area (Å²) >= 11 is 5.83. The monoisotopic (exact) mass is 354 g/mol. The number of rotatable bonds is 4. The average Bonchev–Trinajstić information content (AvgIpc) is 2.61. The van der Waals surface area contributed by atoms with Crippen molar-refractivity contribution < 1.29 is 21.8 Å². The minimum atomic E-state index is -3.99. The molecule has 0 amide bonds. The van der Waals surface area contributed by atoms with Crippen LogP contribution in [0.5, 0.6) is 0 Å². The van der Waals surface area contributed by atoms with Gasteiger partial charge in [0, 0.05) is 12.1 Å². The van der Waals surface area contributed by atoms with Crippen LogP contribution in [0.3, 0.4) is 0 Å². The minimum absolute atomic E-state index is 0.193. The van der Waals surface area contributed by atoms with Gasteiger partial charge in [-0.3, -0.25) is 10.1 Å². The van der Waals surface area contributed by atoms with Gasteiger partial charge in [-0.05, 0) is 12.1 Å². The molecule has 1 heterocycles. The first-order valence-electron chi connectivity index (χ1n) is 5.72. The lowest BCUT2D eigenvalue weighted by Crippen LogP contribution is -2.40. The van der Waals surface area contributed by atoms with Crippen LogP contribution in [0.15, 0.2) is 29.2 Å². The summed E-state index contributed by atoms with van der Waals surface area (Å²) in [6, 6.07) is 3.34. The molecule has 0 aliphatic carbocycles. The van der Waals surface area contributed by atoms with Crippen molar-refractivity contribution in [2.45, 2.75) is 16.3 Å². The minimum Gasteiger partial charge on any atom is -0.258 e. The van der Waals surface area contributed by atoms with Gasteiger partial charge in [-0.25, -0.2) is 21.6 Å². The molecular formula is C10H11ClN2O6S2. The summed E-state index contributed by atoms with van der Waals surface area (Å²) in [4.78, 5) is 9.67. The van der Waals surface area contributed by atoms with Gasteiger partial charge in [0.15, 0.2) is 9.84 Å². The number of benzene rings is 1. The fraction of sp³-hybridized carbons (Fsp3) is 0.400. The molecule has 8 nitrogen and oxygen atoms in total. The summed E-state index contributed by atoms with van der Waals surface area (Å²) in [6.07, 6.45) is 0. The zero-order valence-corrected chi connectivity index (χ0v) is 12.9. The van der Waals surface area contributed by atoms with Crippen LogP contribution in [0, 0.1) is 10.1 Å². The lowest BCUT2D eigenvalue weighted by Gasteiger charge is -2.14. The van der Waals surface area contributed by atoms with Crippen molar-refractivity contribution in [3.05, 3.63) is 34.4 Å². The van der Waals surface area contributed by atoms with E-state index in [1.165, 1.54) is 0 Å². The summed E-state index contributed by atoms with van der Waals surface area (Å²) in [6.45, 7) is 0. The van der Waals surface area contributed by atoms with E-state index in [1.54, 1.807) is 0 Å². The van der Waals surface area contributed by atoms with Gasteiger partial charge >= 0.3 is 0 Å². The van der Waals surface area contributed by atoms with Crippen molar-refractivity contribution in [2.24, 2.45) is 0 Å². The van der Waals surface area contributed by atoms with Crippen molar-refractivity contribution in [1.29, 1.82) is 0 Å². The largest absolute Gasteiger partial charge is 0.269 e. The summed E-state index contributed by atoms with van der Waals surface area (Å²) in [5.41, 5.74) is -0.243. The van der Waals surface area contributed by atoms with Crippen molar-refractivity contribution in [3.8, 4) is 0 Å². The molecule has 0 aromatic heterocycles. The highest BCUT2D eigenvalue weighted by atomic mass is 35.5. The Bertz CT molecular complexity index is 759. The number of nitro groups is 1. The second kappa shape index (κ2) is 5.52. The Hall–Kier alpha value is -1.23. The summed E-state index contributed by atoms with van der Waals surface area (Å²) in [5, 5.41) is 9.67. The van der Waals surface area contributed by atoms with Crippen LogP contribution in [0.4, 0.5) is 5.69 Å². The zero-order chi connectivity index (χ0) is 15.8. The molecule has 1 N–H and O–H groups in total. The highest BCUT2D eigenvalue weighted by molar-refractivity contribution is 7.92. The number of nitrogens with zero attached hydrogens (tertiary/aromatic N) is 1. The van der Waals surface area contributed by atoms with Gasteiger partial charge in [-0.15, -0.1) is 11.6 Å². The highest BCUT2D eigenvalue weighted by Gasteiger charge is 2.38. The van der Waals surface area contributed by atoms with Crippen molar-refractivity contribution >= 4 is 37.1 Å². The predicted molar refractivity (Wildman–Crippen MR) is 75.5 cm³/mol. The van der Waals surface area contributed by atoms with E-state index in [0.717, 1.165) is 24.3 Å². The van der Waals surface area contributed by atoms with Crippen LogP contribution in [-0.4, -0.2) is 44.7 Å². The van der Waals surface area contributed by atoms with Crippen LogP contribution in [0.2, 0.25) is 0 Å². The maximum absolute atomic E-state index is 12.1. The van der Waals surface area contributed by atoms with Crippen molar-refractivity contribution in [1.82, 2.24) is 4.72 Å². The Kier molecular flexibility index (Phi) is 4.24. The fourth-order valence-corrected chi connectivity index (χ4v) is 5.93. The molecular weight excluding hydrogens is 344 g/mol. The van der Waals surface area contributed by atoms with Crippen LogP contribution >= 0.6 is 11.6 Å².